The van der Waals surface area contributed by atoms with E-state index in [0.717, 1.165) is 10.5 Å². The van der Waals surface area contributed by atoms with Crippen molar-refractivity contribution in [3.63, 3.8) is 0 Å². The fraction of sp³-hybridized carbons (Fsp3) is 0.200. The quantitative estimate of drug-likeness (QED) is 0.415. The van der Waals surface area contributed by atoms with Crippen molar-refractivity contribution in [2.45, 2.75) is 30.6 Å². The minimum atomic E-state index is -0.559. The Bertz CT molecular complexity index is 991. The van der Waals surface area contributed by atoms with Crippen molar-refractivity contribution in [3.8, 4) is 5.75 Å². The fourth-order valence-electron chi connectivity index (χ4n) is 2.47. The van der Waals surface area contributed by atoms with Crippen molar-refractivity contribution < 1.29 is 19.1 Å². The van der Waals surface area contributed by atoms with Gasteiger partial charge in [0, 0.05) is 28.0 Å². The Labute approximate surface area is 154 Å². The van der Waals surface area contributed by atoms with E-state index in [1.54, 1.807) is 13.0 Å². The molecule has 0 spiro atoms. The number of carbonyl (C=O) groups excluding carboxylic acids is 1. The van der Waals surface area contributed by atoms with Crippen LogP contribution >= 0.6 is 11.8 Å². The second kappa shape index (κ2) is 7.66. The molecule has 26 heavy (non-hydrogen) atoms. The van der Waals surface area contributed by atoms with Crippen LogP contribution in [0.15, 0.2) is 62.6 Å². The first kappa shape index (κ1) is 18.1. The first-order valence-corrected chi connectivity index (χ1v) is 8.96. The summed E-state index contributed by atoms with van der Waals surface area (Å²) < 4.78 is 10.4. The molecule has 3 aromatic rings. The maximum Gasteiger partial charge on any atom is 0.336 e. The molecule has 2 aromatic carbocycles. The van der Waals surface area contributed by atoms with Crippen LogP contribution < -0.4 is 5.63 Å². The molecule has 0 saturated heterocycles. The summed E-state index contributed by atoms with van der Waals surface area (Å²) in [6.07, 6.45) is 0. The Kier molecular flexibility index (Phi) is 5.32. The highest BCUT2D eigenvalue weighted by atomic mass is 32.2. The summed E-state index contributed by atoms with van der Waals surface area (Å²) in [6, 6.07) is 13.7. The molecule has 1 atom stereocenters. The first-order chi connectivity index (χ1) is 12.4. The summed E-state index contributed by atoms with van der Waals surface area (Å²) in [5, 5.41) is 9.75. The van der Waals surface area contributed by atoms with E-state index in [-0.39, 0.29) is 29.2 Å². The zero-order chi connectivity index (χ0) is 18.7. The summed E-state index contributed by atoms with van der Waals surface area (Å²) in [5.74, 6) is -0.367. The van der Waals surface area contributed by atoms with Crippen molar-refractivity contribution >= 4 is 28.7 Å². The van der Waals surface area contributed by atoms with Crippen molar-refractivity contribution in [2.75, 3.05) is 0 Å². The number of phenolic OH excluding ortho intramolecular Hbond substituents is 1. The molecule has 0 amide bonds. The number of hydrogen-bond acceptors (Lipinski definition) is 6. The Morgan fingerprint density at radius 2 is 1.92 bits per heavy atom. The lowest BCUT2D eigenvalue weighted by Gasteiger charge is -2.12. The third-order valence-corrected chi connectivity index (χ3v) is 4.94. The highest BCUT2D eigenvalue weighted by Gasteiger charge is 2.17. The molecule has 0 unspecified atom stereocenters. The van der Waals surface area contributed by atoms with Crippen LogP contribution in [0.2, 0.25) is 0 Å². The molecular formula is C20H18O5S. The van der Waals surface area contributed by atoms with Crippen molar-refractivity contribution in [1.29, 1.82) is 0 Å². The van der Waals surface area contributed by atoms with Crippen molar-refractivity contribution in [3.05, 3.63) is 70.1 Å². The molecule has 6 heteroatoms. The van der Waals surface area contributed by atoms with Gasteiger partial charge in [-0.3, -0.25) is 4.79 Å². The number of carbonyl (C=O) groups is 1. The molecule has 5 nitrogen and oxygen atoms in total. The predicted molar refractivity (Wildman–Crippen MR) is 100 cm³/mol. The molecule has 1 heterocycles. The largest absolute Gasteiger partial charge is 0.508 e. The van der Waals surface area contributed by atoms with Crippen LogP contribution in [0.25, 0.3) is 11.0 Å². The summed E-state index contributed by atoms with van der Waals surface area (Å²) in [5.41, 5.74) is 1.39. The number of thioether (sulfide) groups is 1. The minimum Gasteiger partial charge on any atom is -0.508 e. The average Bonchev–Trinajstić information content (AvgIpc) is 2.60. The summed E-state index contributed by atoms with van der Waals surface area (Å²) in [6.45, 7) is 3.75. The molecule has 0 fully saturated rings. The summed E-state index contributed by atoms with van der Waals surface area (Å²) >= 11 is 1.42. The molecule has 0 aliphatic carbocycles. The zero-order valence-corrected chi connectivity index (χ0v) is 15.2. The molecule has 134 valence electrons. The minimum absolute atomic E-state index is 0.00193. The topological polar surface area (TPSA) is 76.7 Å². The number of hydrogen-bond donors (Lipinski definition) is 1. The zero-order valence-electron chi connectivity index (χ0n) is 14.4. The lowest BCUT2D eigenvalue weighted by molar-refractivity contribution is -0.143. The van der Waals surface area contributed by atoms with Crippen LogP contribution in [-0.2, 0) is 16.1 Å². The highest BCUT2D eigenvalue weighted by Crippen LogP contribution is 2.26. The van der Waals surface area contributed by atoms with E-state index >= 15 is 0 Å². The van der Waals surface area contributed by atoms with Gasteiger partial charge >= 0.3 is 11.6 Å². The number of aromatic hydroxyl groups is 1. The standard InChI is InChI=1S/C20H18O5S/c1-12-3-6-16(7-4-12)26-13(2)20(23)24-11-14-9-19(22)25-18-10-15(21)5-8-17(14)18/h3-10,13,21H,11H2,1-2H3/t13-/m0/s1. The number of phenols is 1. The van der Waals surface area contributed by atoms with Gasteiger partial charge in [-0.05, 0) is 38.1 Å². The van der Waals surface area contributed by atoms with Crippen LogP contribution in [0, 0.1) is 6.92 Å². The monoisotopic (exact) mass is 370 g/mol. The molecule has 0 saturated carbocycles. The SMILES string of the molecule is Cc1ccc(S[C@@H](C)C(=O)OCc2cc(=O)oc3cc(O)ccc23)cc1. The summed E-state index contributed by atoms with van der Waals surface area (Å²) in [7, 11) is 0. The third-order valence-electron chi connectivity index (χ3n) is 3.85. The van der Waals surface area contributed by atoms with Gasteiger partial charge in [0.15, 0.2) is 0 Å². The Balaban J connectivity index is 1.70. The highest BCUT2D eigenvalue weighted by molar-refractivity contribution is 8.00. The number of esters is 1. The van der Waals surface area contributed by atoms with E-state index in [4.69, 9.17) is 9.15 Å². The van der Waals surface area contributed by atoms with Gasteiger partial charge in [0.2, 0.25) is 0 Å². The number of benzene rings is 2. The number of rotatable bonds is 5. The molecule has 0 aliphatic rings. The van der Waals surface area contributed by atoms with Crippen LogP contribution in [0.5, 0.6) is 5.75 Å². The molecule has 0 aliphatic heterocycles. The maximum atomic E-state index is 12.3. The Morgan fingerprint density at radius 3 is 2.65 bits per heavy atom. The fourth-order valence-corrected chi connectivity index (χ4v) is 3.34. The van der Waals surface area contributed by atoms with Gasteiger partial charge in [-0.2, -0.15) is 0 Å². The molecule has 1 aromatic heterocycles. The number of fused-ring (bicyclic) bond motifs is 1. The maximum absolute atomic E-state index is 12.3. The average molecular weight is 370 g/mol. The number of ether oxygens (including phenoxy) is 1. The van der Waals surface area contributed by atoms with E-state index in [1.165, 1.54) is 30.0 Å². The van der Waals surface area contributed by atoms with E-state index in [0.29, 0.717) is 10.9 Å². The van der Waals surface area contributed by atoms with Crippen LogP contribution in [0.4, 0.5) is 0 Å². The lowest BCUT2D eigenvalue weighted by atomic mass is 10.1. The second-order valence-corrected chi connectivity index (χ2v) is 7.37. The molecule has 0 radical (unpaired) electrons. The van der Waals surface area contributed by atoms with Crippen LogP contribution in [0.3, 0.4) is 0 Å². The van der Waals surface area contributed by atoms with Crippen molar-refractivity contribution in [2.24, 2.45) is 0 Å². The lowest BCUT2D eigenvalue weighted by Crippen LogP contribution is -2.17. The van der Waals surface area contributed by atoms with Gasteiger partial charge in [0.25, 0.3) is 0 Å². The Morgan fingerprint density at radius 1 is 1.19 bits per heavy atom. The van der Waals surface area contributed by atoms with Crippen molar-refractivity contribution in [1.82, 2.24) is 0 Å². The third kappa shape index (κ3) is 4.26. The Hall–Kier alpha value is -2.73. The van der Waals surface area contributed by atoms with Gasteiger partial charge in [-0.15, -0.1) is 11.8 Å². The van der Waals surface area contributed by atoms with Gasteiger partial charge in [0.1, 0.15) is 23.2 Å². The van der Waals surface area contributed by atoms with Gasteiger partial charge in [0.05, 0.1) is 0 Å². The van der Waals surface area contributed by atoms with E-state index in [1.807, 2.05) is 31.2 Å². The first-order valence-electron chi connectivity index (χ1n) is 8.08. The molecule has 0 bridgehead atoms. The van der Waals surface area contributed by atoms with Gasteiger partial charge in [-0.25, -0.2) is 4.79 Å². The van der Waals surface area contributed by atoms with Crippen LogP contribution in [0.1, 0.15) is 18.1 Å². The smallest absolute Gasteiger partial charge is 0.336 e. The second-order valence-electron chi connectivity index (χ2n) is 5.95. The van der Waals surface area contributed by atoms with Crippen LogP contribution in [-0.4, -0.2) is 16.3 Å². The van der Waals surface area contributed by atoms with E-state index < -0.39 is 5.63 Å². The molecule has 3 rings (SSSR count). The van der Waals surface area contributed by atoms with Gasteiger partial charge in [-0.1, -0.05) is 17.7 Å². The number of aryl methyl sites for hydroxylation is 1. The molecule has 1 N–H and O–H groups in total. The normalized spacial score (nSPS) is 12.1. The van der Waals surface area contributed by atoms with Gasteiger partial charge < -0.3 is 14.3 Å². The van der Waals surface area contributed by atoms with E-state index in [2.05, 4.69) is 0 Å². The summed E-state index contributed by atoms with van der Waals surface area (Å²) in [4.78, 5) is 24.9. The molecular weight excluding hydrogens is 352 g/mol. The van der Waals surface area contributed by atoms with E-state index in [9.17, 15) is 14.7 Å². The predicted octanol–water partition coefficient (Wildman–Crippen LogP) is 4.03.